The van der Waals surface area contributed by atoms with E-state index in [0.717, 1.165) is 12.1 Å². The van der Waals surface area contributed by atoms with Crippen molar-refractivity contribution in [3.05, 3.63) is 64.2 Å². The van der Waals surface area contributed by atoms with E-state index in [4.69, 9.17) is 4.74 Å². The molecular weight excluding hydrogens is 403 g/mol. The molecule has 0 atom stereocenters. The van der Waals surface area contributed by atoms with Crippen LogP contribution in [0.2, 0.25) is 0 Å². The normalized spacial score (nSPS) is 11.5. The van der Waals surface area contributed by atoms with Gasteiger partial charge in [-0.3, -0.25) is 14.6 Å². The number of aryl methyl sites for hydroxylation is 1. The van der Waals surface area contributed by atoms with E-state index < -0.39 is 18.0 Å². The first-order valence-corrected chi connectivity index (χ1v) is 8.85. The van der Waals surface area contributed by atoms with Gasteiger partial charge in [-0.15, -0.1) is 13.2 Å². The van der Waals surface area contributed by atoms with Crippen molar-refractivity contribution in [3.8, 4) is 5.75 Å². The number of halogens is 3. The number of alkyl halides is 3. The predicted molar refractivity (Wildman–Crippen MR) is 104 cm³/mol. The molecule has 0 aliphatic rings. The molecule has 0 aliphatic heterocycles. The zero-order chi connectivity index (χ0) is 21.9. The predicted octanol–water partition coefficient (Wildman–Crippen LogP) is 3.50. The van der Waals surface area contributed by atoms with Crippen LogP contribution in [0.4, 0.5) is 18.9 Å². The number of ether oxygens (including phenoxy) is 2. The lowest BCUT2D eigenvalue weighted by Crippen LogP contribution is -2.23. The first-order valence-electron chi connectivity index (χ1n) is 8.85. The van der Waals surface area contributed by atoms with E-state index in [2.05, 4.69) is 15.0 Å². The highest BCUT2D eigenvalue weighted by Crippen LogP contribution is 2.24. The average molecular weight is 421 g/mol. The monoisotopic (exact) mass is 421 g/mol. The number of methoxy groups -OCH3 is 1. The molecule has 0 bridgehead atoms. The molecule has 0 unspecified atom stereocenters. The Labute approximate surface area is 169 Å². The molecule has 1 N–H and O–H groups in total. The van der Waals surface area contributed by atoms with Gasteiger partial charge in [-0.05, 0) is 43.3 Å². The summed E-state index contributed by atoms with van der Waals surface area (Å²) < 4.78 is 47.0. The SMILES string of the molecule is COCCn1ccc2nc(C)c(C(=O)Nc3ccc(OC(F)(F)F)cc3)cc2c1=O. The Bertz CT molecular complexity index is 1130. The van der Waals surface area contributed by atoms with Gasteiger partial charge in [0.05, 0.1) is 28.8 Å². The lowest BCUT2D eigenvalue weighted by molar-refractivity contribution is -0.274. The van der Waals surface area contributed by atoms with E-state index in [1.54, 1.807) is 19.2 Å². The number of aromatic nitrogens is 2. The standard InChI is InChI=1S/C20H18F3N3O4/c1-12-15(11-16-17(24-12)7-8-26(19(16)28)9-10-29-2)18(27)25-13-3-5-14(6-4-13)30-20(21,22)23/h3-8,11H,9-10H2,1-2H3,(H,25,27). The Morgan fingerprint density at radius 3 is 2.53 bits per heavy atom. The maximum absolute atomic E-state index is 12.7. The molecule has 0 saturated carbocycles. The fourth-order valence-corrected chi connectivity index (χ4v) is 2.84. The molecule has 3 rings (SSSR count). The minimum atomic E-state index is -4.80. The summed E-state index contributed by atoms with van der Waals surface area (Å²) in [6.45, 7) is 2.34. The summed E-state index contributed by atoms with van der Waals surface area (Å²) in [5.41, 5.74) is 1.00. The summed E-state index contributed by atoms with van der Waals surface area (Å²) >= 11 is 0. The van der Waals surface area contributed by atoms with Gasteiger partial charge in [-0.2, -0.15) is 0 Å². The summed E-state index contributed by atoms with van der Waals surface area (Å²) in [4.78, 5) is 29.7. The topological polar surface area (TPSA) is 82.5 Å². The van der Waals surface area contributed by atoms with Crippen molar-refractivity contribution in [2.75, 3.05) is 19.0 Å². The van der Waals surface area contributed by atoms with Crippen LogP contribution in [0.25, 0.3) is 10.9 Å². The Balaban J connectivity index is 1.86. The van der Waals surface area contributed by atoms with Gasteiger partial charge in [0.25, 0.3) is 11.5 Å². The van der Waals surface area contributed by atoms with E-state index >= 15 is 0 Å². The molecule has 2 heterocycles. The smallest absolute Gasteiger partial charge is 0.406 e. The average Bonchev–Trinajstić information content (AvgIpc) is 2.67. The van der Waals surface area contributed by atoms with Gasteiger partial charge in [-0.1, -0.05) is 0 Å². The molecule has 1 amide bonds. The molecule has 0 saturated heterocycles. The number of amides is 1. The minimum Gasteiger partial charge on any atom is -0.406 e. The van der Waals surface area contributed by atoms with Crippen molar-refractivity contribution in [2.24, 2.45) is 0 Å². The molecule has 0 aliphatic carbocycles. The Morgan fingerprint density at radius 2 is 1.90 bits per heavy atom. The lowest BCUT2D eigenvalue weighted by atomic mass is 10.1. The second kappa shape index (κ2) is 8.54. The van der Waals surface area contributed by atoms with Crippen molar-refractivity contribution in [1.29, 1.82) is 0 Å². The molecule has 0 fully saturated rings. The van der Waals surface area contributed by atoms with Crippen LogP contribution in [-0.4, -0.2) is 35.5 Å². The molecule has 30 heavy (non-hydrogen) atoms. The van der Waals surface area contributed by atoms with Gasteiger partial charge >= 0.3 is 6.36 Å². The van der Waals surface area contributed by atoms with Crippen molar-refractivity contribution < 1.29 is 27.4 Å². The third-order valence-electron chi connectivity index (χ3n) is 4.27. The van der Waals surface area contributed by atoms with Crippen LogP contribution < -0.4 is 15.6 Å². The van der Waals surface area contributed by atoms with Crippen LogP contribution in [0.5, 0.6) is 5.75 Å². The second-order valence-corrected chi connectivity index (χ2v) is 6.39. The van der Waals surface area contributed by atoms with Crippen molar-refractivity contribution >= 4 is 22.5 Å². The van der Waals surface area contributed by atoms with E-state index in [1.165, 1.54) is 29.9 Å². The third kappa shape index (κ3) is 4.95. The number of nitrogens with one attached hydrogen (secondary N) is 1. The Hall–Kier alpha value is -3.40. The second-order valence-electron chi connectivity index (χ2n) is 6.39. The van der Waals surface area contributed by atoms with Gasteiger partial charge in [0, 0.05) is 25.5 Å². The maximum atomic E-state index is 12.7. The molecule has 10 heteroatoms. The van der Waals surface area contributed by atoms with Gasteiger partial charge in [-0.25, -0.2) is 0 Å². The summed E-state index contributed by atoms with van der Waals surface area (Å²) in [7, 11) is 1.53. The molecule has 2 aromatic heterocycles. The summed E-state index contributed by atoms with van der Waals surface area (Å²) in [6.07, 6.45) is -3.19. The van der Waals surface area contributed by atoms with Crippen LogP contribution in [0.15, 0.2) is 47.4 Å². The van der Waals surface area contributed by atoms with Crippen LogP contribution in [0.1, 0.15) is 16.1 Å². The molecule has 7 nitrogen and oxygen atoms in total. The zero-order valence-electron chi connectivity index (χ0n) is 16.1. The molecular formula is C20H18F3N3O4. The number of hydrogen-bond donors (Lipinski definition) is 1. The van der Waals surface area contributed by atoms with E-state index in [0.29, 0.717) is 24.4 Å². The summed E-state index contributed by atoms with van der Waals surface area (Å²) in [5, 5.41) is 2.85. The number of fused-ring (bicyclic) bond motifs is 1. The maximum Gasteiger partial charge on any atom is 0.573 e. The van der Waals surface area contributed by atoms with E-state index in [9.17, 15) is 22.8 Å². The summed E-state index contributed by atoms with van der Waals surface area (Å²) in [5.74, 6) is -0.946. The number of hydrogen-bond acceptors (Lipinski definition) is 5. The van der Waals surface area contributed by atoms with Gasteiger partial charge < -0.3 is 19.4 Å². The third-order valence-corrected chi connectivity index (χ3v) is 4.27. The first-order chi connectivity index (χ1) is 14.2. The number of rotatable bonds is 6. The fraction of sp³-hybridized carbons (Fsp3) is 0.250. The van der Waals surface area contributed by atoms with Crippen molar-refractivity contribution in [3.63, 3.8) is 0 Å². The Morgan fingerprint density at radius 1 is 1.20 bits per heavy atom. The molecule has 1 aromatic carbocycles. The zero-order valence-corrected chi connectivity index (χ0v) is 16.1. The summed E-state index contributed by atoms with van der Waals surface area (Å²) in [6, 6.07) is 7.87. The highest BCUT2D eigenvalue weighted by molar-refractivity contribution is 6.06. The van der Waals surface area contributed by atoms with Crippen molar-refractivity contribution in [1.82, 2.24) is 9.55 Å². The number of anilines is 1. The first kappa shape index (κ1) is 21.3. The molecule has 158 valence electrons. The number of benzene rings is 1. The molecule has 0 spiro atoms. The van der Waals surface area contributed by atoms with Crippen molar-refractivity contribution in [2.45, 2.75) is 19.8 Å². The van der Waals surface area contributed by atoms with E-state index in [1.807, 2.05) is 0 Å². The largest absolute Gasteiger partial charge is 0.573 e. The highest BCUT2D eigenvalue weighted by Gasteiger charge is 2.31. The minimum absolute atomic E-state index is 0.180. The van der Waals surface area contributed by atoms with Crippen LogP contribution in [0.3, 0.4) is 0 Å². The number of carbonyl (C=O) groups is 1. The lowest BCUT2D eigenvalue weighted by Gasteiger charge is -2.12. The van der Waals surface area contributed by atoms with E-state index in [-0.39, 0.29) is 22.2 Å². The number of pyridine rings is 2. The molecule has 0 radical (unpaired) electrons. The highest BCUT2D eigenvalue weighted by atomic mass is 19.4. The number of carbonyl (C=O) groups excluding carboxylic acids is 1. The van der Waals surface area contributed by atoms with Gasteiger partial charge in [0.15, 0.2) is 0 Å². The number of nitrogens with zero attached hydrogens (tertiary/aromatic N) is 2. The fourth-order valence-electron chi connectivity index (χ4n) is 2.84. The van der Waals surface area contributed by atoms with Gasteiger partial charge in [0.1, 0.15) is 5.75 Å². The van der Waals surface area contributed by atoms with Gasteiger partial charge in [0.2, 0.25) is 0 Å². The molecule has 3 aromatic rings. The quantitative estimate of drug-likeness (QED) is 0.659. The van der Waals surface area contributed by atoms with Crippen LogP contribution in [-0.2, 0) is 11.3 Å². The Kier molecular flexibility index (Phi) is 6.06. The van der Waals surface area contributed by atoms with Crippen LogP contribution >= 0.6 is 0 Å². The van der Waals surface area contributed by atoms with Crippen LogP contribution in [0, 0.1) is 6.92 Å².